The summed E-state index contributed by atoms with van der Waals surface area (Å²) in [4.78, 5) is 11.0. The summed E-state index contributed by atoms with van der Waals surface area (Å²) in [6, 6.07) is 0. The number of aliphatic hydroxyl groups excluding tert-OH is 1. The lowest BCUT2D eigenvalue weighted by molar-refractivity contribution is -0.137. The van der Waals surface area contributed by atoms with E-state index in [2.05, 4.69) is 41.5 Å². The summed E-state index contributed by atoms with van der Waals surface area (Å²) in [5.41, 5.74) is 1.05. The van der Waals surface area contributed by atoms with Crippen molar-refractivity contribution in [3.63, 3.8) is 0 Å². The number of hydrogen-bond donors (Lipinski definition) is 2. The maximum atomic E-state index is 11.0. The summed E-state index contributed by atoms with van der Waals surface area (Å²) in [5.74, 6) is 7.28. The molecule has 4 saturated carbocycles. The number of carboxylic acid groups (broad SMARTS) is 1. The fourth-order valence-corrected chi connectivity index (χ4v) is 11.4. The molecule has 2 unspecified atom stereocenters. The van der Waals surface area contributed by atoms with Gasteiger partial charge in [-0.15, -0.1) is 0 Å². The summed E-state index contributed by atoms with van der Waals surface area (Å²) < 4.78 is 0. The number of fused-ring (bicyclic) bond motifs is 5. The van der Waals surface area contributed by atoms with Crippen molar-refractivity contribution in [2.45, 2.75) is 138 Å². The molecule has 0 saturated heterocycles. The molecule has 4 aliphatic carbocycles. The van der Waals surface area contributed by atoms with Crippen LogP contribution in [0.1, 0.15) is 138 Å². The first-order valence-electron chi connectivity index (χ1n) is 16.9. The smallest absolute Gasteiger partial charge is 0.303 e. The molecular formula is C35H62O3. The van der Waals surface area contributed by atoms with Crippen molar-refractivity contribution in [2.75, 3.05) is 6.61 Å². The summed E-state index contributed by atoms with van der Waals surface area (Å²) in [5, 5.41) is 19.2. The van der Waals surface area contributed by atoms with Crippen LogP contribution in [0, 0.1) is 70.0 Å². The van der Waals surface area contributed by atoms with Crippen LogP contribution in [0.2, 0.25) is 0 Å². The van der Waals surface area contributed by atoms with Crippen molar-refractivity contribution in [3.8, 4) is 0 Å². The zero-order valence-electron chi connectivity index (χ0n) is 25.9. The van der Waals surface area contributed by atoms with Gasteiger partial charge in [-0.2, -0.15) is 0 Å². The molecule has 4 fully saturated rings. The molecule has 0 aromatic rings. The SMILES string of the molecule is CC[C@H](CC[C@@H](C)[C@H]1CC[C@H]2[C@@H]3CCC4C[C@@H](C(CO)CCCC(=O)O)CC[C@]4(C)[C@H]3CC[C@]12C)C(C)C. The molecule has 0 amide bonds. The molecule has 3 heteroatoms. The first kappa shape index (κ1) is 30.4. The molecule has 4 aliphatic rings. The number of rotatable bonds is 12. The van der Waals surface area contributed by atoms with E-state index in [1.54, 1.807) is 0 Å². The Labute approximate surface area is 235 Å². The van der Waals surface area contributed by atoms with E-state index in [1.807, 2.05) is 0 Å². The highest BCUT2D eigenvalue weighted by Crippen LogP contribution is 2.69. The zero-order chi connectivity index (χ0) is 27.7. The lowest BCUT2D eigenvalue weighted by Crippen LogP contribution is -2.54. The highest BCUT2D eigenvalue weighted by Gasteiger charge is 2.60. The average molecular weight is 531 g/mol. The van der Waals surface area contributed by atoms with Crippen molar-refractivity contribution in [3.05, 3.63) is 0 Å². The Kier molecular flexibility index (Phi) is 10.0. The van der Waals surface area contributed by atoms with Gasteiger partial charge < -0.3 is 10.2 Å². The highest BCUT2D eigenvalue weighted by molar-refractivity contribution is 5.66. The monoisotopic (exact) mass is 530 g/mol. The number of aliphatic carboxylic acids is 1. The van der Waals surface area contributed by atoms with Crippen molar-refractivity contribution in [1.82, 2.24) is 0 Å². The number of hydrogen-bond acceptors (Lipinski definition) is 2. The van der Waals surface area contributed by atoms with Crippen molar-refractivity contribution >= 4 is 5.97 Å². The van der Waals surface area contributed by atoms with E-state index in [1.165, 1.54) is 77.0 Å². The summed E-state index contributed by atoms with van der Waals surface area (Å²) in [7, 11) is 0. The van der Waals surface area contributed by atoms with Gasteiger partial charge in [0.15, 0.2) is 0 Å². The van der Waals surface area contributed by atoms with Gasteiger partial charge in [0.05, 0.1) is 0 Å². The summed E-state index contributed by atoms with van der Waals surface area (Å²) in [6.07, 6.45) is 18.5. The summed E-state index contributed by atoms with van der Waals surface area (Å²) in [6.45, 7) is 15.4. The van der Waals surface area contributed by atoms with Gasteiger partial charge in [-0.1, -0.05) is 54.4 Å². The second-order valence-corrected chi connectivity index (χ2v) is 15.6. The van der Waals surface area contributed by atoms with E-state index in [9.17, 15) is 9.90 Å². The van der Waals surface area contributed by atoms with Crippen molar-refractivity contribution < 1.29 is 15.0 Å². The van der Waals surface area contributed by atoms with E-state index in [4.69, 9.17) is 5.11 Å². The average Bonchev–Trinajstić information content (AvgIpc) is 3.23. The van der Waals surface area contributed by atoms with Gasteiger partial charge in [-0.25, -0.2) is 0 Å². The Bertz CT molecular complexity index is 777. The molecule has 3 nitrogen and oxygen atoms in total. The van der Waals surface area contributed by atoms with Crippen LogP contribution in [-0.4, -0.2) is 22.8 Å². The highest BCUT2D eigenvalue weighted by atomic mass is 16.4. The largest absolute Gasteiger partial charge is 0.481 e. The maximum Gasteiger partial charge on any atom is 0.303 e. The zero-order valence-corrected chi connectivity index (χ0v) is 25.9. The standard InChI is InChI=1S/C35H62O3/c1-7-25(23(2)3)12-11-24(4)30-15-16-31-29-14-13-28-21-26(27(22-36)9-8-10-33(37)38)17-19-34(28,5)32(29)18-20-35(30,31)6/h23-32,36H,7-22H2,1-6H3,(H,37,38)/t24-,25-,26+,27?,28?,29+,30-,31+,32+,34+,35-/m1/s1. The molecule has 220 valence electrons. The van der Waals surface area contributed by atoms with Crippen LogP contribution in [0.15, 0.2) is 0 Å². The Morgan fingerprint density at radius 3 is 2.26 bits per heavy atom. The Morgan fingerprint density at radius 1 is 0.895 bits per heavy atom. The first-order chi connectivity index (χ1) is 18.0. The first-order valence-corrected chi connectivity index (χ1v) is 16.9. The Balaban J connectivity index is 1.38. The lowest BCUT2D eigenvalue weighted by Gasteiger charge is -2.62. The van der Waals surface area contributed by atoms with Crippen LogP contribution in [-0.2, 0) is 4.79 Å². The van der Waals surface area contributed by atoms with Gasteiger partial charge in [-0.05, 0) is 147 Å². The quantitative estimate of drug-likeness (QED) is 0.264. The Hall–Kier alpha value is -0.570. The molecule has 0 aromatic heterocycles. The Morgan fingerprint density at radius 2 is 1.61 bits per heavy atom. The van der Waals surface area contributed by atoms with E-state index >= 15 is 0 Å². The summed E-state index contributed by atoms with van der Waals surface area (Å²) >= 11 is 0. The molecule has 0 aromatic carbocycles. The maximum absolute atomic E-state index is 11.0. The molecule has 38 heavy (non-hydrogen) atoms. The van der Waals surface area contributed by atoms with Crippen molar-refractivity contribution in [2.24, 2.45) is 70.0 Å². The minimum absolute atomic E-state index is 0.232. The van der Waals surface area contributed by atoms with Crippen LogP contribution >= 0.6 is 0 Å². The fourth-order valence-electron chi connectivity index (χ4n) is 11.4. The molecule has 0 radical (unpaired) electrons. The molecule has 2 N–H and O–H groups in total. The van der Waals surface area contributed by atoms with E-state index < -0.39 is 5.97 Å². The van der Waals surface area contributed by atoms with Crippen molar-refractivity contribution in [1.29, 1.82) is 0 Å². The van der Waals surface area contributed by atoms with Gasteiger partial charge in [-0.3, -0.25) is 4.79 Å². The number of carboxylic acids is 1. The normalized spacial score (nSPS) is 41.2. The number of carbonyl (C=O) groups is 1. The predicted octanol–water partition coefficient (Wildman–Crippen LogP) is 9.22. The molecule has 11 atom stereocenters. The second-order valence-electron chi connectivity index (χ2n) is 15.6. The van der Waals surface area contributed by atoms with Crippen LogP contribution < -0.4 is 0 Å². The minimum Gasteiger partial charge on any atom is -0.481 e. The number of aliphatic hydroxyl groups is 1. The van der Waals surface area contributed by atoms with Crippen LogP contribution in [0.4, 0.5) is 0 Å². The molecule has 0 heterocycles. The van der Waals surface area contributed by atoms with E-state index in [0.717, 1.165) is 53.8 Å². The van der Waals surface area contributed by atoms with Gasteiger partial charge in [0.1, 0.15) is 0 Å². The third-order valence-corrected chi connectivity index (χ3v) is 13.8. The molecule has 0 spiro atoms. The van der Waals surface area contributed by atoms with Gasteiger partial charge >= 0.3 is 5.97 Å². The molecular weight excluding hydrogens is 468 g/mol. The predicted molar refractivity (Wildman–Crippen MR) is 158 cm³/mol. The van der Waals surface area contributed by atoms with Gasteiger partial charge in [0, 0.05) is 13.0 Å². The van der Waals surface area contributed by atoms with Gasteiger partial charge in [0.25, 0.3) is 0 Å². The minimum atomic E-state index is -0.704. The van der Waals surface area contributed by atoms with Gasteiger partial charge in [0.2, 0.25) is 0 Å². The van der Waals surface area contributed by atoms with E-state index in [0.29, 0.717) is 29.1 Å². The fraction of sp³-hybridized carbons (Fsp3) is 0.971. The second kappa shape index (κ2) is 12.5. The molecule has 0 bridgehead atoms. The third kappa shape index (κ3) is 5.89. The van der Waals surface area contributed by atoms with E-state index in [-0.39, 0.29) is 13.0 Å². The van der Waals surface area contributed by atoms with Crippen LogP contribution in [0.25, 0.3) is 0 Å². The lowest BCUT2D eigenvalue weighted by atomic mass is 9.43. The topological polar surface area (TPSA) is 57.5 Å². The third-order valence-electron chi connectivity index (χ3n) is 13.8. The van der Waals surface area contributed by atoms with Crippen LogP contribution in [0.3, 0.4) is 0 Å². The molecule has 0 aliphatic heterocycles. The van der Waals surface area contributed by atoms with Crippen LogP contribution in [0.5, 0.6) is 0 Å². The molecule has 4 rings (SSSR count).